The lowest BCUT2D eigenvalue weighted by Crippen LogP contribution is -2.52. The van der Waals surface area contributed by atoms with E-state index in [9.17, 15) is 9.59 Å². The van der Waals surface area contributed by atoms with Gasteiger partial charge in [0.25, 0.3) is 0 Å². The quantitative estimate of drug-likeness (QED) is 0.802. The van der Waals surface area contributed by atoms with Crippen molar-refractivity contribution < 1.29 is 9.59 Å². The van der Waals surface area contributed by atoms with Gasteiger partial charge < -0.3 is 9.80 Å². The number of piperidine rings is 1. The molecular weight excluding hydrogens is 348 g/mol. The van der Waals surface area contributed by atoms with E-state index in [-0.39, 0.29) is 11.8 Å². The Kier molecular flexibility index (Phi) is 5.27. The molecule has 1 aromatic heterocycles. The van der Waals surface area contributed by atoms with E-state index in [1.165, 1.54) is 34.8 Å². The van der Waals surface area contributed by atoms with Crippen LogP contribution in [-0.4, -0.2) is 77.8 Å². The molecule has 1 atom stereocenters. The summed E-state index contributed by atoms with van der Waals surface area (Å²) in [4.78, 5) is 36.7. The van der Waals surface area contributed by atoms with Crippen molar-refractivity contribution in [1.82, 2.24) is 19.7 Å². The van der Waals surface area contributed by atoms with Crippen LogP contribution in [0, 0.1) is 0 Å². The summed E-state index contributed by atoms with van der Waals surface area (Å²) in [6, 6.07) is 0. The van der Waals surface area contributed by atoms with Crippen molar-refractivity contribution in [3.63, 3.8) is 0 Å². The summed E-state index contributed by atoms with van der Waals surface area (Å²) in [5.41, 5.74) is 1.32. The molecule has 6 nitrogen and oxygen atoms in total. The minimum Gasteiger partial charge on any atom is -0.343 e. The largest absolute Gasteiger partial charge is 0.343 e. The highest BCUT2D eigenvalue weighted by atomic mass is 32.1. The van der Waals surface area contributed by atoms with Crippen molar-refractivity contribution in [2.24, 2.45) is 0 Å². The van der Waals surface area contributed by atoms with E-state index >= 15 is 0 Å². The monoisotopic (exact) mass is 376 g/mol. The molecule has 0 aromatic carbocycles. The molecule has 2 saturated heterocycles. The zero-order valence-corrected chi connectivity index (χ0v) is 16.4. The fourth-order valence-electron chi connectivity index (χ4n) is 4.19. The maximum atomic E-state index is 12.8. The maximum absolute atomic E-state index is 12.8. The number of amides is 2. The second-order valence-corrected chi connectivity index (χ2v) is 8.95. The van der Waals surface area contributed by atoms with Crippen LogP contribution in [0.1, 0.15) is 47.2 Å². The first-order chi connectivity index (χ1) is 12.6. The lowest BCUT2D eigenvalue weighted by Gasteiger charge is -2.35. The third kappa shape index (κ3) is 3.78. The number of aromatic nitrogens is 1. The predicted molar refractivity (Wildman–Crippen MR) is 101 cm³/mol. The molecule has 1 unspecified atom stereocenters. The van der Waals surface area contributed by atoms with Crippen LogP contribution in [0.2, 0.25) is 0 Å². The summed E-state index contributed by atoms with van der Waals surface area (Å²) in [6.07, 6.45) is 7.02. The Morgan fingerprint density at radius 3 is 2.85 bits per heavy atom. The van der Waals surface area contributed by atoms with E-state index in [2.05, 4.69) is 0 Å². The van der Waals surface area contributed by atoms with Gasteiger partial charge in [-0.1, -0.05) is 0 Å². The molecule has 4 rings (SSSR count). The molecule has 2 amide bonds. The molecule has 0 radical (unpaired) electrons. The second kappa shape index (κ2) is 7.64. The fraction of sp³-hybridized carbons (Fsp3) is 0.737. The number of fused-ring (bicyclic) bond motifs is 1. The van der Waals surface area contributed by atoms with E-state index < -0.39 is 0 Å². The van der Waals surface area contributed by atoms with Crippen molar-refractivity contribution in [1.29, 1.82) is 0 Å². The summed E-state index contributed by atoms with van der Waals surface area (Å²) in [5.74, 6) is 0.653. The molecule has 1 aliphatic carbocycles. The summed E-state index contributed by atoms with van der Waals surface area (Å²) in [5, 5.41) is 1.24. The van der Waals surface area contributed by atoms with Crippen molar-refractivity contribution in [3.05, 3.63) is 15.6 Å². The smallest absolute Gasteiger partial charge is 0.236 e. The van der Waals surface area contributed by atoms with Gasteiger partial charge in [-0.2, -0.15) is 0 Å². The normalized spacial score (nSPS) is 24.7. The first kappa shape index (κ1) is 17.9. The Balaban J connectivity index is 1.36. The lowest BCUT2D eigenvalue weighted by atomic mass is 9.98. The van der Waals surface area contributed by atoms with Gasteiger partial charge in [0.15, 0.2) is 0 Å². The Morgan fingerprint density at radius 2 is 2.04 bits per heavy atom. The van der Waals surface area contributed by atoms with E-state index in [0.717, 1.165) is 38.9 Å². The first-order valence-corrected chi connectivity index (χ1v) is 10.6. The van der Waals surface area contributed by atoms with E-state index in [4.69, 9.17) is 4.98 Å². The minimum atomic E-state index is 0.105. The number of likely N-dealkylation sites (N-methyl/N-ethyl adjacent to an activating group) is 1. The summed E-state index contributed by atoms with van der Waals surface area (Å²) < 4.78 is 0. The highest BCUT2D eigenvalue weighted by Crippen LogP contribution is 2.34. The number of aryl methyl sites for hydroxylation is 2. The van der Waals surface area contributed by atoms with Crippen LogP contribution >= 0.6 is 11.3 Å². The summed E-state index contributed by atoms with van der Waals surface area (Å²) in [7, 11) is 1.82. The van der Waals surface area contributed by atoms with Gasteiger partial charge in [0.1, 0.15) is 0 Å². The van der Waals surface area contributed by atoms with E-state index in [1.54, 1.807) is 4.90 Å². The number of thiazole rings is 1. The Labute approximate surface area is 159 Å². The minimum absolute atomic E-state index is 0.105. The molecule has 0 spiro atoms. The van der Waals surface area contributed by atoms with Crippen molar-refractivity contribution in [3.8, 4) is 0 Å². The molecule has 1 aromatic rings. The number of rotatable bonds is 3. The van der Waals surface area contributed by atoms with Gasteiger partial charge in [-0.25, -0.2) is 4.98 Å². The van der Waals surface area contributed by atoms with Gasteiger partial charge in [-0.05, 0) is 38.5 Å². The summed E-state index contributed by atoms with van der Waals surface area (Å²) in [6.45, 7) is 3.83. The molecule has 3 heterocycles. The standard InChI is InChI=1S/C19H28N4O2S/c1-21-9-10-22(12-17(21)24)13-18(25)23-8-4-5-14(11-23)19-20-15-6-2-3-7-16(15)26-19/h14H,2-13H2,1H3. The number of piperazine rings is 1. The zero-order valence-electron chi connectivity index (χ0n) is 15.6. The molecule has 7 heteroatoms. The Hall–Kier alpha value is -1.47. The van der Waals surface area contributed by atoms with Crippen LogP contribution in [0.5, 0.6) is 0 Å². The number of carbonyl (C=O) groups excluding carboxylic acids is 2. The third-order valence-electron chi connectivity index (χ3n) is 5.88. The van der Waals surface area contributed by atoms with Crippen LogP contribution < -0.4 is 0 Å². The first-order valence-electron chi connectivity index (χ1n) is 9.82. The average Bonchev–Trinajstić information content (AvgIpc) is 3.09. The maximum Gasteiger partial charge on any atom is 0.236 e. The van der Waals surface area contributed by atoms with E-state index in [1.807, 2.05) is 28.2 Å². The average molecular weight is 377 g/mol. The van der Waals surface area contributed by atoms with Crippen molar-refractivity contribution in [2.45, 2.75) is 44.4 Å². The SMILES string of the molecule is CN1CCN(CC(=O)N2CCCC(c3nc4c(s3)CCCC4)C2)CC1=O. The molecule has 0 N–H and O–H groups in total. The molecular formula is C19H28N4O2S. The number of carbonyl (C=O) groups is 2. The van der Waals surface area contributed by atoms with Gasteiger partial charge in [-0.15, -0.1) is 11.3 Å². The number of likely N-dealkylation sites (tertiary alicyclic amines) is 1. The van der Waals surface area contributed by atoms with Gasteiger partial charge in [0.05, 0.1) is 23.8 Å². The molecule has 0 saturated carbocycles. The highest BCUT2D eigenvalue weighted by molar-refractivity contribution is 7.11. The molecule has 0 bridgehead atoms. The zero-order chi connectivity index (χ0) is 18.1. The number of hydrogen-bond donors (Lipinski definition) is 0. The fourth-order valence-corrected chi connectivity index (χ4v) is 5.46. The van der Waals surface area contributed by atoms with Gasteiger partial charge in [0.2, 0.25) is 11.8 Å². The molecule has 2 fully saturated rings. The van der Waals surface area contributed by atoms with Gasteiger partial charge in [-0.3, -0.25) is 14.5 Å². The van der Waals surface area contributed by atoms with Crippen LogP contribution in [0.25, 0.3) is 0 Å². The van der Waals surface area contributed by atoms with Crippen LogP contribution in [0.3, 0.4) is 0 Å². The summed E-state index contributed by atoms with van der Waals surface area (Å²) >= 11 is 1.88. The molecule has 3 aliphatic rings. The van der Waals surface area contributed by atoms with Gasteiger partial charge in [0, 0.05) is 44.0 Å². The Bertz CT molecular complexity index is 666. The third-order valence-corrected chi connectivity index (χ3v) is 7.20. The second-order valence-electron chi connectivity index (χ2n) is 7.83. The van der Waals surface area contributed by atoms with Gasteiger partial charge >= 0.3 is 0 Å². The van der Waals surface area contributed by atoms with Crippen LogP contribution in [0.4, 0.5) is 0 Å². The molecule has 26 heavy (non-hydrogen) atoms. The number of hydrogen-bond acceptors (Lipinski definition) is 5. The highest BCUT2D eigenvalue weighted by Gasteiger charge is 2.30. The number of nitrogens with zero attached hydrogens (tertiary/aromatic N) is 4. The van der Waals surface area contributed by atoms with Crippen molar-refractivity contribution in [2.75, 3.05) is 46.3 Å². The van der Waals surface area contributed by atoms with E-state index in [0.29, 0.717) is 25.6 Å². The Morgan fingerprint density at radius 1 is 1.19 bits per heavy atom. The molecule has 2 aliphatic heterocycles. The van der Waals surface area contributed by atoms with Crippen LogP contribution in [-0.2, 0) is 22.4 Å². The van der Waals surface area contributed by atoms with Crippen molar-refractivity contribution >= 4 is 23.2 Å². The lowest BCUT2D eigenvalue weighted by molar-refractivity contribution is -0.138. The molecule has 142 valence electrons. The van der Waals surface area contributed by atoms with Crippen LogP contribution in [0.15, 0.2) is 0 Å². The predicted octanol–water partition coefficient (Wildman–Crippen LogP) is 1.50. The topological polar surface area (TPSA) is 56.8 Å².